The van der Waals surface area contributed by atoms with Gasteiger partial charge in [-0.25, -0.2) is 0 Å². The third-order valence-corrected chi connectivity index (χ3v) is 13.5. The molecule has 0 amide bonds. The molecule has 0 N–H and O–H groups in total. The van der Waals surface area contributed by atoms with Crippen LogP contribution in [0.2, 0.25) is 0 Å². The van der Waals surface area contributed by atoms with Crippen molar-refractivity contribution in [1.82, 2.24) is 4.40 Å². The zero-order valence-corrected chi connectivity index (χ0v) is 35.7. The van der Waals surface area contributed by atoms with E-state index < -0.39 is 0 Å². The maximum Gasteiger partial charge on any atom is 0.0622 e. The van der Waals surface area contributed by atoms with E-state index in [0.717, 1.165) is 0 Å². The fourth-order valence-corrected chi connectivity index (χ4v) is 9.33. The maximum absolute atomic E-state index is 2.53. The summed E-state index contributed by atoms with van der Waals surface area (Å²) in [6.07, 6.45) is 0. The number of benzene rings is 7. The summed E-state index contributed by atoms with van der Waals surface area (Å²) in [4.78, 5) is 5.00. The van der Waals surface area contributed by atoms with E-state index in [4.69, 9.17) is 0 Å². The van der Waals surface area contributed by atoms with Crippen molar-refractivity contribution >= 4 is 72.2 Å². The van der Waals surface area contributed by atoms with Crippen molar-refractivity contribution < 1.29 is 0 Å². The van der Waals surface area contributed by atoms with Crippen molar-refractivity contribution in [2.45, 2.75) is 83.1 Å². The summed E-state index contributed by atoms with van der Waals surface area (Å²) in [5.41, 5.74) is 26.6. The molecule has 0 unspecified atom stereocenters. The summed E-state index contributed by atoms with van der Waals surface area (Å²) in [5.74, 6) is 0. The van der Waals surface area contributed by atoms with Gasteiger partial charge in [-0.2, -0.15) is 0 Å². The van der Waals surface area contributed by atoms with E-state index in [1.807, 2.05) is 0 Å². The molecular weight excluding hydrogens is 691 g/mol. The highest BCUT2D eigenvalue weighted by molar-refractivity contribution is 6.28. The fraction of sp³-hybridized carbons (Fsp3) is 0.222. The van der Waals surface area contributed by atoms with E-state index in [2.05, 4.69) is 200 Å². The van der Waals surface area contributed by atoms with Crippen LogP contribution < -0.4 is 9.80 Å². The summed E-state index contributed by atoms with van der Waals surface area (Å²) < 4.78 is 2.53. The van der Waals surface area contributed by atoms with E-state index in [9.17, 15) is 0 Å². The summed E-state index contributed by atoms with van der Waals surface area (Å²) in [5, 5.41) is 5.07. The molecule has 284 valence electrons. The molecular formula is C54H53N3. The molecule has 7 aromatic carbocycles. The molecule has 0 aliphatic rings. The molecule has 0 aliphatic heterocycles. The average molecular weight is 744 g/mol. The number of hydrogen-bond acceptors (Lipinski definition) is 2. The molecule has 0 saturated heterocycles. The third-order valence-electron chi connectivity index (χ3n) is 13.5. The lowest BCUT2D eigenvalue weighted by Gasteiger charge is -2.29. The van der Waals surface area contributed by atoms with Crippen LogP contribution >= 0.6 is 0 Å². The number of aromatic nitrogens is 1. The molecule has 0 spiro atoms. The Bertz CT molecular complexity index is 2690. The first-order chi connectivity index (χ1) is 27.2. The second kappa shape index (κ2) is 13.3. The molecule has 2 aromatic heterocycles. The van der Waals surface area contributed by atoms with Gasteiger partial charge in [-0.1, -0.05) is 30.3 Å². The van der Waals surface area contributed by atoms with Crippen LogP contribution in [0.15, 0.2) is 103 Å². The molecule has 9 aromatic rings. The largest absolute Gasteiger partial charge is 0.310 e. The van der Waals surface area contributed by atoms with Gasteiger partial charge in [0.1, 0.15) is 0 Å². The van der Waals surface area contributed by atoms with Crippen LogP contribution in [-0.2, 0) is 0 Å². The van der Waals surface area contributed by atoms with Crippen molar-refractivity contribution in [1.29, 1.82) is 0 Å². The predicted octanol–water partition coefficient (Wildman–Crippen LogP) is 15.5. The lowest BCUT2D eigenvalue weighted by molar-refractivity contribution is 1.19. The van der Waals surface area contributed by atoms with Crippen LogP contribution in [0.5, 0.6) is 0 Å². The molecule has 0 radical (unpaired) electrons. The van der Waals surface area contributed by atoms with Gasteiger partial charge in [0.25, 0.3) is 0 Å². The second-order valence-corrected chi connectivity index (χ2v) is 16.9. The minimum atomic E-state index is 1.19. The van der Waals surface area contributed by atoms with Crippen LogP contribution in [0.4, 0.5) is 34.1 Å². The van der Waals surface area contributed by atoms with Gasteiger partial charge in [0, 0.05) is 44.3 Å². The minimum absolute atomic E-state index is 1.19. The van der Waals surface area contributed by atoms with Gasteiger partial charge in [0.15, 0.2) is 0 Å². The van der Waals surface area contributed by atoms with Crippen LogP contribution in [0.3, 0.4) is 0 Å². The van der Waals surface area contributed by atoms with Gasteiger partial charge in [0.05, 0.1) is 27.9 Å². The summed E-state index contributed by atoms with van der Waals surface area (Å²) in [7, 11) is 0. The van der Waals surface area contributed by atoms with E-state index in [-0.39, 0.29) is 0 Å². The van der Waals surface area contributed by atoms with Crippen molar-refractivity contribution in [2.75, 3.05) is 9.80 Å². The number of para-hydroxylation sites is 1. The first-order valence-corrected chi connectivity index (χ1v) is 20.4. The summed E-state index contributed by atoms with van der Waals surface area (Å²) in [6.45, 7) is 26.8. The van der Waals surface area contributed by atoms with E-state index >= 15 is 0 Å². The van der Waals surface area contributed by atoms with Gasteiger partial charge in [-0.15, -0.1) is 0 Å². The number of anilines is 6. The zero-order chi connectivity index (χ0) is 40.2. The van der Waals surface area contributed by atoms with Crippen LogP contribution in [0.1, 0.15) is 66.8 Å². The van der Waals surface area contributed by atoms with Crippen molar-refractivity contribution in [3.05, 3.63) is 170 Å². The van der Waals surface area contributed by atoms with Crippen molar-refractivity contribution in [3.8, 4) is 0 Å². The first-order valence-electron chi connectivity index (χ1n) is 20.4. The van der Waals surface area contributed by atoms with E-state index in [0.29, 0.717) is 0 Å². The van der Waals surface area contributed by atoms with Gasteiger partial charge >= 0.3 is 0 Å². The number of nitrogens with zero attached hydrogens (tertiary/aromatic N) is 3. The Morgan fingerprint density at radius 3 is 0.877 bits per heavy atom. The van der Waals surface area contributed by atoms with Crippen LogP contribution in [-0.4, -0.2) is 4.40 Å². The molecule has 3 heteroatoms. The van der Waals surface area contributed by atoms with E-state index in [1.165, 1.54) is 139 Å². The number of rotatable bonds is 6. The normalized spacial score (nSPS) is 11.9. The zero-order valence-electron chi connectivity index (χ0n) is 35.7. The van der Waals surface area contributed by atoms with E-state index in [1.54, 1.807) is 0 Å². The minimum Gasteiger partial charge on any atom is -0.310 e. The molecule has 57 heavy (non-hydrogen) atoms. The highest BCUT2D eigenvalue weighted by atomic mass is 15.2. The van der Waals surface area contributed by atoms with Crippen LogP contribution in [0.25, 0.3) is 38.1 Å². The number of aryl methyl sites for hydroxylation is 8. The quantitative estimate of drug-likeness (QED) is 0.168. The molecule has 2 heterocycles. The highest BCUT2D eigenvalue weighted by Crippen LogP contribution is 2.50. The standard InChI is InChI=1S/C54H53N3/c1-30-22-42(23-31(2)38(30)9)55(43-24-32(3)39(10)33(4)25-43)48-18-14-20-50-52(48)46-16-13-17-47-53-49(19-15-21-51(53)57(50)54(46)47)56(44-26-34(5)40(11)35(6)27-44)45-28-36(7)41(12)37(8)29-45/h13-29H,1-12H3. The molecule has 0 atom stereocenters. The lowest BCUT2D eigenvalue weighted by Crippen LogP contribution is -2.12. The van der Waals surface area contributed by atoms with Crippen molar-refractivity contribution in [3.63, 3.8) is 0 Å². The monoisotopic (exact) mass is 743 g/mol. The summed E-state index contributed by atoms with van der Waals surface area (Å²) in [6, 6.07) is 39.6. The van der Waals surface area contributed by atoms with Crippen molar-refractivity contribution in [2.24, 2.45) is 0 Å². The Hall–Kier alpha value is -6.06. The number of fused-ring (bicyclic) bond motifs is 6. The first kappa shape index (κ1) is 36.6. The Morgan fingerprint density at radius 1 is 0.333 bits per heavy atom. The molecule has 0 saturated carbocycles. The van der Waals surface area contributed by atoms with Gasteiger partial charge < -0.3 is 14.2 Å². The molecule has 0 fully saturated rings. The average Bonchev–Trinajstić information content (AvgIpc) is 3.71. The van der Waals surface area contributed by atoms with Gasteiger partial charge in [-0.3, -0.25) is 0 Å². The third kappa shape index (κ3) is 5.54. The summed E-state index contributed by atoms with van der Waals surface area (Å²) >= 11 is 0. The highest BCUT2D eigenvalue weighted by Gasteiger charge is 2.27. The SMILES string of the molecule is Cc1cc(N(c2cc(C)c(C)c(C)c2)c2cccc3c2c2cccc4c5c(N(c6cc(C)c(C)c(C)c6)c6cc(C)c(C)c(C)c6)cccc5n3c24)cc(C)c1C. The van der Waals surface area contributed by atoms with Gasteiger partial charge in [-0.05, 0) is 223 Å². The molecule has 0 bridgehead atoms. The number of hydrogen-bond donors (Lipinski definition) is 0. The second-order valence-electron chi connectivity index (χ2n) is 16.9. The molecule has 0 aliphatic carbocycles. The smallest absolute Gasteiger partial charge is 0.0622 e. The molecule has 3 nitrogen and oxygen atoms in total. The predicted molar refractivity (Wildman–Crippen MR) is 247 cm³/mol. The maximum atomic E-state index is 2.53. The lowest BCUT2D eigenvalue weighted by atomic mass is 9.98. The fourth-order valence-electron chi connectivity index (χ4n) is 9.33. The topological polar surface area (TPSA) is 10.9 Å². The molecule has 9 rings (SSSR count). The Morgan fingerprint density at radius 2 is 0.596 bits per heavy atom. The van der Waals surface area contributed by atoms with Crippen LogP contribution in [0, 0.1) is 83.1 Å². The Kier molecular flexibility index (Phi) is 8.51. The van der Waals surface area contributed by atoms with Gasteiger partial charge in [0.2, 0.25) is 0 Å². The Balaban J connectivity index is 1.37. The Labute approximate surface area is 338 Å².